The van der Waals surface area contributed by atoms with Gasteiger partial charge < -0.3 is 10.1 Å². The van der Waals surface area contributed by atoms with E-state index < -0.39 is 12.1 Å². The average Bonchev–Trinajstić information content (AvgIpc) is 2.89. The van der Waals surface area contributed by atoms with Crippen LogP contribution in [0.25, 0.3) is 0 Å². The molecule has 0 saturated carbocycles. The van der Waals surface area contributed by atoms with E-state index in [1.165, 1.54) is 12.1 Å². The minimum absolute atomic E-state index is 0.248. The Morgan fingerprint density at radius 3 is 1.79 bits per heavy atom. The molecule has 0 radical (unpaired) electrons. The molecule has 0 bridgehead atoms. The number of rotatable bonds is 7. The van der Waals surface area contributed by atoms with Crippen LogP contribution in [0.3, 0.4) is 0 Å². The second-order valence-electron chi connectivity index (χ2n) is 7.46. The zero-order valence-corrected chi connectivity index (χ0v) is 18.7. The Balaban J connectivity index is 1.51. The van der Waals surface area contributed by atoms with Crippen LogP contribution >= 0.6 is 11.6 Å². The summed E-state index contributed by atoms with van der Waals surface area (Å²) in [5.41, 5.74) is 2.24. The largest absolute Gasteiger partial charge is 0.445 e. The Hall–Kier alpha value is -4.22. The highest BCUT2D eigenvalue weighted by molar-refractivity contribution is 6.30. The number of carbonyl (C=O) groups is 3. The molecule has 4 aromatic rings. The van der Waals surface area contributed by atoms with Crippen molar-refractivity contribution in [2.75, 3.05) is 5.32 Å². The van der Waals surface area contributed by atoms with Crippen LogP contribution in [0.5, 0.6) is 0 Å². The van der Waals surface area contributed by atoms with Gasteiger partial charge in [-0.25, -0.2) is 4.79 Å². The molecule has 0 fully saturated rings. The van der Waals surface area contributed by atoms with Crippen molar-refractivity contribution in [2.24, 2.45) is 0 Å². The lowest BCUT2D eigenvalue weighted by Gasteiger charge is -2.18. The molecule has 1 N–H and O–H groups in total. The third-order valence-electron chi connectivity index (χ3n) is 5.11. The number of ether oxygens (including phenoxy) is 1. The fraction of sp³-hybridized carbons (Fsp3) is 0.0357. The van der Waals surface area contributed by atoms with Crippen LogP contribution in [-0.4, -0.2) is 17.7 Å². The molecule has 0 heterocycles. The van der Waals surface area contributed by atoms with Crippen molar-refractivity contribution in [1.29, 1.82) is 0 Å². The Morgan fingerprint density at radius 2 is 1.21 bits per heavy atom. The summed E-state index contributed by atoms with van der Waals surface area (Å²) in [5, 5.41) is 3.29. The minimum Gasteiger partial charge on any atom is -0.445 e. The number of nitrogens with one attached hydrogen (secondary N) is 1. The van der Waals surface area contributed by atoms with Crippen LogP contribution in [-0.2, 0) is 4.74 Å². The number of benzene rings is 4. The fourth-order valence-electron chi connectivity index (χ4n) is 3.32. The van der Waals surface area contributed by atoms with E-state index in [4.69, 9.17) is 16.3 Å². The molecule has 0 spiro atoms. The standard InChI is InChI=1S/C28H20ClNO4/c29-23-15-11-20(12-16-23)26(25(31)19-7-3-1-4-8-19)34-28(33)22-13-17-24(18-14-22)30-27(32)21-9-5-2-6-10-21/h1-18,26H,(H,30,32)/t26-/m1/s1. The zero-order chi connectivity index (χ0) is 23.9. The van der Waals surface area contributed by atoms with Gasteiger partial charge in [-0.15, -0.1) is 0 Å². The van der Waals surface area contributed by atoms with Gasteiger partial charge in [0.25, 0.3) is 5.91 Å². The van der Waals surface area contributed by atoms with Gasteiger partial charge in [-0.05, 0) is 48.5 Å². The van der Waals surface area contributed by atoms with E-state index in [1.54, 1.807) is 91.0 Å². The smallest absolute Gasteiger partial charge is 0.339 e. The molecule has 4 aromatic carbocycles. The highest BCUT2D eigenvalue weighted by Crippen LogP contribution is 2.26. The summed E-state index contributed by atoms with van der Waals surface area (Å²) in [6.45, 7) is 0. The van der Waals surface area contributed by atoms with Gasteiger partial charge in [0.15, 0.2) is 6.10 Å². The first-order chi connectivity index (χ1) is 16.5. The molecule has 6 heteroatoms. The number of esters is 1. The summed E-state index contributed by atoms with van der Waals surface area (Å²) in [7, 11) is 0. The second kappa shape index (κ2) is 10.6. The third kappa shape index (κ3) is 5.57. The maximum atomic E-state index is 13.1. The molecule has 0 aliphatic carbocycles. The van der Waals surface area contributed by atoms with E-state index >= 15 is 0 Å². The van der Waals surface area contributed by atoms with Crippen molar-refractivity contribution in [2.45, 2.75) is 6.10 Å². The number of amides is 1. The van der Waals surface area contributed by atoms with Crippen molar-refractivity contribution in [3.05, 3.63) is 136 Å². The van der Waals surface area contributed by atoms with Gasteiger partial charge >= 0.3 is 5.97 Å². The summed E-state index contributed by atoms with van der Waals surface area (Å²) in [6.07, 6.45) is -1.13. The lowest BCUT2D eigenvalue weighted by Crippen LogP contribution is -2.20. The van der Waals surface area contributed by atoms with E-state index in [9.17, 15) is 14.4 Å². The summed E-state index contributed by atoms with van der Waals surface area (Å²) in [5.74, 6) is -1.26. The molecule has 0 aromatic heterocycles. The Bertz CT molecular complexity index is 1290. The van der Waals surface area contributed by atoms with Gasteiger partial charge in [0.2, 0.25) is 5.78 Å². The molecular formula is C28H20ClNO4. The lowest BCUT2D eigenvalue weighted by atomic mass is 9.99. The number of ketones is 1. The highest BCUT2D eigenvalue weighted by atomic mass is 35.5. The quantitative estimate of drug-likeness (QED) is 0.252. The van der Waals surface area contributed by atoms with Crippen LogP contribution in [0.2, 0.25) is 5.02 Å². The molecule has 1 atom stereocenters. The van der Waals surface area contributed by atoms with Gasteiger partial charge in [0, 0.05) is 27.4 Å². The minimum atomic E-state index is -1.13. The van der Waals surface area contributed by atoms with Crippen molar-refractivity contribution < 1.29 is 19.1 Å². The normalized spacial score (nSPS) is 11.3. The lowest BCUT2D eigenvalue weighted by molar-refractivity contribution is 0.0280. The summed E-state index contributed by atoms with van der Waals surface area (Å²) in [4.78, 5) is 38.4. The van der Waals surface area contributed by atoms with Crippen molar-refractivity contribution >= 4 is 34.9 Å². The van der Waals surface area contributed by atoms with Crippen LogP contribution in [0.4, 0.5) is 5.69 Å². The Labute approximate surface area is 202 Å². The number of anilines is 1. The molecule has 0 aliphatic rings. The molecule has 0 unspecified atom stereocenters. The topological polar surface area (TPSA) is 72.5 Å². The summed E-state index contributed by atoms with van der Waals surface area (Å²) in [6, 6.07) is 30.3. The van der Waals surface area contributed by atoms with Gasteiger partial charge in [-0.2, -0.15) is 0 Å². The maximum Gasteiger partial charge on any atom is 0.339 e. The maximum absolute atomic E-state index is 13.1. The number of Topliss-reactive ketones (excluding diaryl/α,β-unsaturated/α-hetero) is 1. The molecule has 4 rings (SSSR count). The van der Waals surface area contributed by atoms with Gasteiger partial charge in [-0.1, -0.05) is 72.3 Å². The summed E-state index contributed by atoms with van der Waals surface area (Å²) >= 11 is 5.98. The van der Waals surface area contributed by atoms with E-state index in [0.29, 0.717) is 27.4 Å². The first-order valence-corrected chi connectivity index (χ1v) is 10.9. The fourth-order valence-corrected chi connectivity index (χ4v) is 3.45. The zero-order valence-electron chi connectivity index (χ0n) is 18.0. The molecule has 168 valence electrons. The first-order valence-electron chi connectivity index (χ1n) is 10.5. The van der Waals surface area contributed by atoms with Crippen LogP contribution < -0.4 is 5.32 Å². The first kappa shape index (κ1) is 23.0. The summed E-state index contributed by atoms with van der Waals surface area (Å²) < 4.78 is 5.65. The Morgan fingerprint density at radius 1 is 0.647 bits per heavy atom. The second-order valence-corrected chi connectivity index (χ2v) is 7.90. The Kier molecular flexibility index (Phi) is 7.16. The number of hydrogen-bond donors (Lipinski definition) is 1. The molecular weight excluding hydrogens is 450 g/mol. The van der Waals surface area contributed by atoms with Crippen molar-refractivity contribution in [3.63, 3.8) is 0 Å². The predicted molar refractivity (Wildman–Crippen MR) is 131 cm³/mol. The molecule has 34 heavy (non-hydrogen) atoms. The number of halogens is 1. The van der Waals surface area contributed by atoms with Gasteiger partial charge in [-0.3, -0.25) is 9.59 Å². The van der Waals surface area contributed by atoms with Crippen LogP contribution in [0, 0.1) is 0 Å². The van der Waals surface area contributed by atoms with E-state index in [2.05, 4.69) is 5.32 Å². The van der Waals surface area contributed by atoms with E-state index in [-0.39, 0.29) is 17.3 Å². The predicted octanol–water partition coefficient (Wildman–Crippen LogP) is 6.37. The van der Waals surface area contributed by atoms with E-state index in [1.807, 2.05) is 6.07 Å². The monoisotopic (exact) mass is 469 g/mol. The molecule has 0 aliphatic heterocycles. The number of hydrogen-bond acceptors (Lipinski definition) is 4. The van der Waals surface area contributed by atoms with Crippen LogP contribution in [0.1, 0.15) is 42.7 Å². The average molecular weight is 470 g/mol. The third-order valence-corrected chi connectivity index (χ3v) is 5.36. The van der Waals surface area contributed by atoms with Crippen molar-refractivity contribution in [3.8, 4) is 0 Å². The highest BCUT2D eigenvalue weighted by Gasteiger charge is 2.27. The van der Waals surface area contributed by atoms with E-state index in [0.717, 1.165) is 0 Å². The SMILES string of the molecule is O=C(Nc1ccc(C(=O)O[C@@H](C(=O)c2ccccc2)c2ccc(Cl)cc2)cc1)c1ccccc1. The molecule has 0 saturated heterocycles. The number of carbonyl (C=O) groups excluding carboxylic acids is 3. The molecule has 1 amide bonds. The van der Waals surface area contributed by atoms with Gasteiger partial charge in [0.1, 0.15) is 0 Å². The molecule has 5 nitrogen and oxygen atoms in total. The van der Waals surface area contributed by atoms with Crippen LogP contribution in [0.15, 0.2) is 109 Å². The van der Waals surface area contributed by atoms with Gasteiger partial charge in [0.05, 0.1) is 5.56 Å². The van der Waals surface area contributed by atoms with Crippen molar-refractivity contribution in [1.82, 2.24) is 0 Å².